The highest BCUT2D eigenvalue weighted by molar-refractivity contribution is 6.20. The van der Waals surface area contributed by atoms with Crippen molar-refractivity contribution in [1.82, 2.24) is 0 Å². The minimum atomic E-state index is -0.146. The van der Waals surface area contributed by atoms with E-state index in [1.807, 2.05) is 0 Å². The normalized spacial score (nSPS) is 12.9. The zero-order chi connectivity index (χ0) is 38.1. The predicted molar refractivity (Wildman–Crippen MR) is 240 cm³/mol. The topological polar surface area (TPSA) is 16.4 Å². The summed E-state index contributed by atoms with van der Waals surface area (Å²) in [6.07, 6.45) is 0. The van der Waals surface area contributed by atoms with Crippen molar-refractivity contribution >= 4 is 49.8 Å². The van der Waals surface area contributed by atoms with Crippen LogP contribution in [0.5, 0.6) is 0 Å². The average molecular weight is 730 g/mol. The van der Waals surface area contributed by atoms with Crippen LogP contribution in [0.4, 0.5) is 17.1 Å². The summed E-state index contributed by atoms with van der Waals surface area (Å²) in [5, 5.41) is 4.50. The van der Waals surface area contributed by atoms with Gasteiger partial charge in [-0.05, 0) is 91.9 Å². The molecule has 1 heterocycles. The third-order valence-electron chi connectivity index (χ3n) is 12.1. The number of hydrogen-bond donors (Lipinski definition) is 0. The minimum Gasteiger partial charge on any atom is -0.455 e. The molecule has 0 saturated carbocycles. The Labute approximate surface area is 332 Å². The molecule has 1 aromatic heterocycles. The Kier molecular flexibility index (Phi) is 7.55. The first kappa shape index (κ1) is 33.2. The number of anilines is 3. The molecule has 0 saturated heterocycles. The predicted octanol–water partition coefficient (Wildman–Crippen LogP) is 15.5. The van der Waals surface area contributed by atoms with E-state index < -0.39 is 0 Å². The summed E-state index contributed by atoms with van der Waals surface area (Å²) in [6, 6.07) is 72.5. The molecule has 270 valence electrons. The Hall–Kier alpha value is -7.16. The second-order valence-corrected chi connectivity index (χ2v) is 15.7. The molecule has 2 nitrogen and oxygen atoms in total. The highest BCUT2D eigenvalue weighted by Crippen LogP contribution is 2.52. The third kappa shape index (κ3) is 5.33. The second kappa shape index (κ2) is 13.0. The summed E-state index contributed by atoms with van der Waals surface area (Å²) in [7, 11) is 0. The van der Waals surface area contributed by atoms with E-state index in [9.17, 15) is 0 Å². The first-order chi connectivity index (χ1) is 28.0. The van der Waals surface area contributed by atoms with Crippen molar-refractivity contribution in [3.63, 3.8) is 0 Å². The quantitative estimate of drug-likeness (QED) is 0.169. The van der Waals surface area contributed by atoms with Crippen molar-refractivity contribution in [3.05, 3.63) is 211 Å². The van der Waals surface area contributed by atoms with Crippen LogP contribution in [-0.4, -0.2) is 0 Å². The lowest BCUT2D eigenvalue weighted by Crippen LogP contribution is -2.17. The Morgan fingerprint density at radius 2 is 0.912 bits per heavy atom. The van der Waals surface area contributed by atoms with Gasteiger partial charge in [-0.25, -0.2) is 0 Å². The third-order valence-corrected chi connectivity index (χ3v) is 12.1. The molecule has 0 amide bonds. The SMILES string of the molecule is CC1(C)c2ccccc2-c2ccc(N(c3ccc(-c4ccccc4)cc3)c3cc4oc5c6ccccc6c(-c6ccccc6)cc5c4cc3-c3ccccc3)cc21. The van der Waals surface area contributed by atoms with Gasteiger partial charge in [0.1, 0.15) is 11.2 Å². The molecule has 0 bridgehead atoms. The molecule has 0 spiro atoms. The molecular weight excluding hydrogens is 691 g/mol. The van der Waals surface area contributed by atoms with E-state index in [2.05, 4.69) is 219 Å². The van der Waals surface area contributed by atoms with Gasteiger partial charge in [0.25, 0.3) is 0 Å². The fourth-order valence-electron chi connectivity index (χ4n) is 9.22. The number of fused-ring (bicyclic) bond motifs is 8. The number of furan rings is 1. The zero-order valence-electron chi connectivity index (χ0n) is 31.9. The van der Waals surface area contributed by atoms with Gasteiger partial charge in [0.15, 0.2) is 0 Å². The van der Waals surface area contributed by atoms with Gasteiger partial charge in [-0.1, -0.05) is 172 Å². The highest BCUT2D eigenvalue weighted by Gasteiger charge is 2.36. The molecule has 1 aliphatic rings. The van der Waals surface area contributed by atoms with E-state index in [0.717, 1.165) is 55.5 Å². The lowest BCUT2D eigenvalue weighted by Gasteiger charge is -2.30. The van der Waals surface area contributed by atoms with E-state index in [1.54, 1.807) is 0 Å². The molecule has 0 atom stereocenters. The van der Waals surface area contributed by atoms with Crippen molar-refractivity contribution in [3.8, 4) is 44.5 Å². The van der Waals surface area contributed by atoms with Crippen molar-refractivity contribution in [1.29, 1.82) is 0 Å². The first-order valence-corrected chi connectivity index (χ1v) is 19.8. The van der Waals surface area contributed by atoms with Gasteiger partial charge in [-0.15, -0.1) is 0 Å². The van der Waals surface area contributed by atoms with Crippen LogP contribution in [0.25, 0.3) is 77.2 Å². The van der Waals surface area contributed by atoms with Gasteiger partial charge in [-0.3, -0.25) is 0 Å². The van der Waals surface area contributed by atoms with E-state index in [1.165, 1.54) is 49.9 Å². The Morgan fingerprint density at radius 3 is 1.63 bits per heavy atom. The van der Waals surface area contributed by atoms with Crippen LogP contribution in [-0.2, 0) is 5.41 Å². The van der Waals surface area contributed by atoms with E-state index in [0.29, 0.717) is 0 Å². The molecule has 57 heavy (non-hydrogen) atoms. The molecule has 0 aliphatic heterocycles. The maximum Gasteiger partial charge on any atom is 0.143 e. The van der Waals surface area contributed by atoms with Crippen LogP contribution in [0.2, 0.25) is 0 Å². The summed E-state index contributed by atoms with van der Waals surface area (Å²) >= 11 is 0. The fraction of sp³-hybridized carbons (Fsp3) is 0.0545. The molecule has 2 heteroatoms. The van der Waals surface area contributed by atoms with Gasteiger partial charge in [-0.2, -0.15) is 0 Å². The number of benzene rings is 9. The van der Waals surface area contributed by atoms with Crippen LogP contribution in [0.15, 0.2) is 205 Å². The highest BCUT2D eigenvalue weighted by atomic mass is 16.3. The summed E-state index contributed by atoms with van der Waals surface area (Å²) in [4.78, 5) is 2.43. The maximum absolute atomic E-state index is 7.01. The van der Waals surface area contributed by atoms with Crippen molar-refractivity contribution in [2.45, 2.75) is 19.3 Å². The second-order valence-electron chi connectivity index (χ2n) is 15.7. The summed E-state index contributed by atoms with van der Waals surface area (Å²) < 4.78 is 7.01. The van der Waals surface area contributed by atoms with Crippen LogP contribution in [0, 0.1) is 0 Å². The van der Waals surface area contributed by atoms with Crippen LogP contribution in [0.3, 0.4) is 0 Å². The van der Waals surface area contributed by atoms with Gasteiger partial charge >= 0.3 is 0 Å². The average Bonchev–Trinajstić information content (AvgIpc) is 3.75. The van der Waals surface area contributed by atoms with Crippen molar-refractivity contribution in [2.24, 2.45) is 0 Å². The molecule has 0 radical (unpaired) electrons. The molecule has 1 aliphatic carbocycles. The molecular formula is C55H39NO. The maximum atomic E-state index is 7.01. The number of rotatable bonds is 6. The monoisotopic (exact) mass is 729 g/mol. The molecule has 0 unspecified atom stereocenters. The van der Waals surface area contributed by atoms with Gasteiger partial charge < -0.3 is 9.32 Å². The summed E-state index contributed by atoms with van der Waals surface area (Å²) in [5.74, 6) is 0. The van der Waals surface area contributed by atoms with Gasteiger partial charge in [0, 0.05) is 44.6 Å². The standard InChI is InChI=1S/C55H39NO/c1-55(2)50-25-15-14-23-43(50)44-31-30-41(32-51(44)55)56(40-28-26-37(27-29-40)36-16-6-3-7-17-36)52-35-53-48(34-47(52)39-20-10-5-11-21-39)49-33-46(38-18-8-4-9-19-38)42-22-12-13-24-45(42)54(49)57-53/h3-35H,1-2H3. The van der Waals surface area contributed by atoms with E-state index >= 15 is 0 Å². The zero-order valence-corrected chi connectivity index (χ0v) is 31.9. The Morgan fingerprint density at radius 1 is 0.368 bits per heavy atom. The van der Waals surface area contributed by atoms with Crippen LogP contribution in [0.1, 0.15) is 25.0 Å². The summed E-state index contributed by atoms with van der Waals surface area (Å²) in [5.41, 5.74) is 17.2. The van der Waals surface area contributed by atoms with E-state index in [-0.39, 0.29) is 5.41 Å². The fourth-order valence-corrected chi connectivity index (χ4v) is 9.22. The molecule has 10 aromatic rings. The largest absolute Gasteiger partial charge is 0.455 e. The molecule has 11 rings (SSSR count). The summed E-state index contributed by atoms with van der Waals surface area (Å²) in [6.45, 7) is 4.70. The number of nitrogens with zero attached hydrogens (tertiary/aromatic N) is 1. The first-order valence-electron chi connectivity index (χ1n) is 19.8. The Bertz CT molecular complexity index is 3120. The molecule has 9 aromatic carbocycles. The minimum absolute atomic E-state index is 0.146. The molecule has 0 N–H and O–H groups in total. The van der Waals surface area contributed by atoms with Crippen molar-refractivity contribution in [2.75, 3.05) is 4.90 Å². The smallest absolute Gasteiger partial charge is 0.143 e. The lowest BCUT2D eigenvalue weighted by atomic mass is 9.82. The molecule has 0 fully saturated rings. The van der Waals surface area contributed by atoms with Gasteiger partial charge in [0.05, 0.1) is 5.69 Å². The number of hydrogen-bond acceptors (Lipinski definition) is 2. The van der Waals surface area contributed by atoms with Crippen LogP contribution < -0.4 is 4.90 Å². The lowest BCUT2D eigenvalue weighted by molar-refractivity contribution is 0.660. The Balaban J connectivity index is 1.19. The van der Waals surface area contributed by atoms with Crippen LogP contribution >= 0.6 is 0 Å². The van der Waals surface area contributed by atoms with E-state index in [4.69, 9.17) is 4.42 Å². The van der Waals surface area contributed by atoms with Crippen molar-refractivity contribution < 1.29 is 4.42 Å². The van der Waals surface area contributed by atoms with Gasteiger partial charge in [0.2, 0.25) is 0 Å².